The molecule has 0 saturated carbocycles. The number of nitrogens with zero attached hydrogens (tertiary/aromatic N) is 1. The van der Waals surface area contributed by atoms with Crippen molar-refractivity contribution in [3.63, 3.8) is 0 Å². The zero-order chi connectivity index (χ0) is 21.5. The fourth-order valence-electron chi connectivity index (χ4n) is 3.32. The number of methoxy groups -OCH3 is 1. The maximum Gasteiger partial charge on any atom is 0.323 e. The van der Waals surface area contributed by atoms with Crippen molar-refractivity contribution < 1.29 is 23.9 Å². The van der Waals surface area contributed by atoms with Gasteiger partial charge in [-0.15, -0.1) is 11.3 Å². The van der Waals surface area contributed by atoms with E-state index < -0.39 is 23.4 Å². The van der Waals surface area contributed by atoms with E-state index in [1.165, 1.54) is 18.1 Å². The van der Waals surface area contributed by atoms with E-state index in [-0.39, 0.29) is 19.0 Å². The van der Waals surface area contributed by atoms with Crippen LogP contribution in [0.15, 0.2) is 30.3 Å². The highest BCUT2D eigenvalue weighted by Crippen LogP contribution is 2.28. The van der Waals surface area contributed by atoms with Gasteiger partial charge in [0.25, 0.3) is 17.7 Å². The molecule has 0 bridgehead atoms. The van der Waals surface area contributed by atoms with Crippen LogP contribution in [0.2, 0.25) is 0 Å². The molecule has 30 heavy (non-hydrogen) atoms. The van der Waals surface area contributed by atoms with Gasteiger partial charge in [0.1, 0.15) is 5.75 Å². The minimum absolute atomic E-state index is 0.137. The van der Waals surface area contributed by atoms with Gasteiger partial charge in [0.15, 0.2) is 0 Å². The summed E-state index contributed by atoms with van der Waals surface area (Å²) < 4.78 is 5.17. The van der Waals surface area contributed by atoms with Crippen LogP contribution in [0.4, 0.5) is 4.79 Å². The molecule has 0 spiro atoms. The number of imide groups is 1. The molecule has 10 heteroatoms. The van der Waals surface area contributed by atoms with Crippen LogP contribution in [0.25, 0.3) is 0 Å². The van der Waals surface area contributed by atoms with Gasteiger partial charge in [-0.25, -0.2) is 4.79 Å². The van der Waals surface area contributed by atoms with Crippen molar-refractivity contribution in [2.45, 2.75) is 12.1 Å². The van der Waals surface area contributed by atoms with Crippen LogP contribution in [0.1, 0.15) is 30.5 Å². The fourth-order valence-corrected chi connectivity index (χ4v) is 4.03. The number of nitrogens with two attached hydrogens (primary N) is 1. The Balaban J connectivity index is 1.64. The number of carbonyl (C=O) groups excluding carboxylic acids is 4. The van der Waals surface area contributed by atoms with Crippen molar-refractivity contribution >= 4 is 35.1 Å². The lowest BCUT2D eigenvalue weighted by Gasteiger charge is -2.26. The topological polar surface area (TPSA) is 131 Å². The predicted octanol–water partition coefficient (Wildman–Crippen LogP) is 0.441. The van der Waals surface area contributed by atoms with Gasteiger partial charge >= 0.3 is 6.03 Å². The second kappa shape index (κ2) is 7.20. The molecular weight excluding hydrogens is 408 g/mol. The zero-order valence-corrected chi connectivity index (χ0v) is 16.6. The molecule has 2 aliphatic heterocycles. The number of hydrogen-bond donors (Lipinski definition) is 3. The van der Waals surface area contributed by atoms with Gasteiger partial charge in [-0.05, 0) is 29.8 Å². The number of primary amides is 1. The minimum Gasteiger partial charge on any atom is -0.497 e. The lowest BCUT2D eigenvalue weighted by atomic mass is 9.99. The first-order valence-electron chi connectivity index (χ1n) is 8.84. The number of benzene rings is 1. The lowest BCUT2D eigenvalue weighted by Crippen LogP contribution is -2.54. The SMILES string of the molecule is COc1ccc2c(c1)C(=O)N(C[C@@]1(C#Cc3ccc(C(N)=O)s3)NC(=O)NC1=O)C2. The fraction of sp³-hybridized carbons (Fsp3) is 0.200. The van der Waals surface area contributed by atoms with Crippen molar-refractivity contribution in [1.82, 2.24) is 15.5 Å². The van der Waals surface area contributed by atoms with E-state index in [9.17, 15) is 19.2 Å². The van der Waals surface area contributed by atoms with Crippen LogP contribution in [0, 0.1) is 11.8 Å². The van der Waals surface area contributed by atoms with Gasteiger partial charge in [0.05, 0.1) is 23.4 Å². The summed E-state index contributed by atoms with van der Waals surface area (Å²) in [4.78, 5) is 50.8. The Labute approximate surface area is 175 Å². The van der Waals surface area contributed by atoms with E-state index in [2.05, 4.69) is 22.5 Å². The number of carbonyl (C=O) groups is 4. The summed E-state index contributed by atoms with van der Waals surface area (Å²) in [5.74, 6) is 4.64. The smallest absolute Gasteiger partial charge is 0.323 e. The van der Waals surface area contributed by atoms with Crippen LogP contribution in [-0.2, 0) is 11.3 Å². The van der Waals surface area contributed by atoms with Gasteiger partial charge < -0.3 is 20.7 Å². The summed E-state index contributed by atoms with van der Waals surface area (Å²) in [5, 5.41) is 4.71. The third kappa shape index (κ3) is 3.35. The van der Waals surface area contributed by atoms with Crippen LogP contribution < -0.4 is 21.1 Å². The molecule has 152 valence electrons. The summed E-state index contributed by atoms with van der Waals surface area (Å²) in [6, 6.07) is 7.62. The average molecular weight is 424 g/mol. The quantitative estimate of drug-likeness (QED) is 0.484. The monoisotopic (exact) mass is 424 g/mol. The summed E-state index contributed by atoms with van der Waals surface area (Å²) in [7, 11) is 1.51. The number of hydrogen-bond acceptors (Lipinski definition) is 6. The van der Waals surface area contributed by atoms with E-state index >= 15 is 0 Å². The van der Waals surface area contributed by atoms with E-state index in [1.807, 2.05) is 0 Å². The Morgan fingerprint density at radius 2 is 2.10 bits per heavy atom. The van der Waals surface area contributed by atoms with Gasteiger partial charge in [-0.3, -0.25) is 19.7 Å². The van der Waals surface area contributed by atoms with Gasteiger partial charge in [0.2, 0.25) is 5.54 Å². The molecule has 9 nitrogen and oxygen atoms in total. The summed E-state index contributed by atoms with van der Waals surface area (Å²) in [5.41, 5.74) is 4.90. The van der Waals surface area contributed by atoms with E-state index in [0.717, 1.165) is 16.9 Å². The van der Waals surface area contributed by atoms with Gasteiger partial charge in [0, 0.05) is 12.1 Å². The number of thiophene rings is 1. The molecule has 1 fully saturated rings. The van der Waals surface area contributed by atoms with Crippen LogP contribution in [0.3, 0.4) is 0 Å². The number of rotatable bonds is 4. The largest absolute Gasteiger partial charge is 0.497 e. The third-order valence-electron chi connectivity index (χ3n) is 4.81. The molecular formula is C20H16N4O5S. The number of amides is 5. The first kappa shape index (κ1) is 19.5. The maximum atomic E-state index is 12.9. The Morgan fingerprint density at radius 1 is 1.30 bits per heavy atom. The molecule has 4 rings (SSSR count). The van der Waals surface area contributed by atoms with E-state index in [0.29, 0.717) is 21.1 Å². The van der Waals surface area contributed by atoms with Crippen LogP contribution >= 0.6 is 11.3 Å². The standard InChI is InChI=1S/C20H16N4O5S/c1-29-12-3-2-11-9-24(17(26)14(11)8-12)10-20(18(27)22-19(28)23-20)7-6-13-4-5-15(30-13)16(21)25/h2-5,8H,9-10H2,1H3,(H2,21,25)(H2,22,23,27,28)/t20-/m1/s1. The molecule has 1 aromatic carbocycles. The van der Waals surface area contributed by atoms with Crippen molar-refractivity contribution in [3.05, 3.63) is 51.2 Å². The molecule has 0 unspecified atom stereocenters. The summed E-state index contributed by atoms with van der Waals surface area (Å²) >= 11 is 1.08. The van der Waals surface area contributed by atoms with Crippen LogP contribution in [0.5, 0.6) is 5.75 Å². The Kier molecular flexibility index (Phi) is 4.67. The highest BCUT2D eigenvalue weighted by Gasteiger charge is 2.48. The molecule has 3 heterocycles. The van der Waals surface area contributed by atoms with Crippen LogP contribution in [-0.4, -0.2) is 47.8 Å². The number of ether oxygens (including phenoxy) is 1. The summed E-state index contributed by atoms with van der Waals surface area (Å²) in [6.45, 7) is 0.136. The third-order valence-corrected chi connectivity index (χ3v) is 5.83. The number of urea groups is 1. The average Bonchev–Trinajstić information content (AvgIpc) is 3.38. The Morgan fingerprint density at radius 3 is 2.73 bits per heavy atom. The van der Waals surface area contributed by atoms with Gasteiger partial charge in [-0.1, -0.05) is 17.9 Å². The van der Waals surface area contributed by atoms with E-state index in [4.69, 9.17) is 10.5 Å². The van der Waals surface area contributed by atoms with Crippen molar-refractivity contribution in [2.75, 3.05) is 13.7 Å². The molecule has 5 amide bonds. The molecule has 2 aliphatic rings. The van der Waals surface area contributed by atoms with Crippen molar-refractivity contribution in [1.29, 1.82) is 0 Å². The zero-order valence-electron chi connectivity index (χ0n) is 15.8. The maximum absolute atomic E-state index is 12.9. The second-order valence-corrected chi connectivity index (χ2v) is 7.86. The molecule has 0 radical (unpaired) electrons. The summed E-state index contributed by atoms with van der Waals surface area (Å²) in [6.07, 6.45) is 0. The van der Waals surface area contributed by atoms with Crippen molar-refractivity contribution in [3.8, 4) is 17.6 Å². The number of nitrogens with one attached hydrogen (secondary N) is 2. The van der Waals surface area contributed by atoms with E-state index in [1.54, 1.807) is 24.3 Å². The predicted molar refractivity (Wildman–Crippen MR) is 107 cm³/mol. The first-order valence-corrected chi connectivity index (χ1v) is 9.65. The number of fused-ring (bicyclic) bond motifs is 1. The highest BCUT2D eigenvalue weighted by molar-refractivity contribution is 7.14. The molecule has 0 aliphatic carbocycles. The molecule has 2 aromatic rings. The minimum atomic E-state index is -1.62. The molecule has 4 N–H and O–H groups in total. The molecule has 1 atom stereocenters. The normalized spacial score (nSPS) is 19.6. The molecule has 1 aromatic heterocycles. The van der Waals surface area contributed by atoms with Gasteiger partial charge in [-0.2, -0.15) is 0 Å². The Hall–Kier alpha value is -3.84. The molecule has 1 saturated heterocycles. The second-order valence-electron chi connectivity index (χ2n) is 6.78. The van der Waals surface area contributed by atoms with Crippen molar-refractivity contribution in [2.24, 2.45) is 5.73 Å². The first-order chi connectivity index (χ1) is 14.3. The Bertz CT molecular complexity index is 1160. The lowest BCUT2D eigenvalue weighted by molar-refractivity contribution is -0.122. The highest BCUT2D eigenvalue weighted by atomic mass is 32.1.